The van der Waals surface area contributed by atoms with Gasteiger partial charge in [0.25, 0.3) is 0 Å². The normalized spacial score (nSPS) is 11.1. The number of para-hydroxylation sites is 1. The Balaban J connectivity index is 1.72. The molecule has 0 radical (unpaired) electrons. The Morgan fingerprint density at radius 1 is 0.889 bits per heavy atom. The molecule has 0 fully saturated rings. The highest BCUT2D eigenvalue weighted by molar-refractivity contribution is 7.10. The lowest BCUT2D eigenvalue weighted by molar-refractivity contribution is -0.117. The Hall–Kier alpha value is -1.95. The molecule has 1 N–H and O–H groups in total. The summed E-state index contributed by atoms with van der Waals surface area (Å²) in [5.74, 6) is 0.0544. The van der Waals surface area contributed by atoms with Gasteiger partial charge in [-0.2, -0.15) is 0 Å². The van der Waals surface area contributed by atoms with Crippen LogP contribution in [-0.2, 0) is 30.7 Å². The van der Waals surface area contributed by atoms with Crippen LogP contribution < -0.4 is 5.32 Å². The number of amides is 1. The van der Waals surface area contributed by atoms with Crippen molar-refractivity contribution >= 4 is 34.3 Å². The molecular formula is C22H26N2OS2. The molecule has 3 rings (SSSR count). The van der Waals surface area contributed by atoms with Crippen molar-refractivity contribution in [3.05, 3.63) is 74.1 Å². The van der Waals surface area contributed by atoms with Crippen molar-refractivity contribution in [2.24, 2.45) is 0 Å². The van der Waals surface area contributed by atoms with E-state index < -0.39 is 0 Å². The highest BCUT2D eigenvalue weighted by Gasteiger charge is 2.16. The fraction of sp³-hybridized carbons (Fsp3) is 0.318. The third-order valence-corrected chi connectivity index (χ3v) is 6.27. The van der Waals surface area contributed by atoms with Crippen LogP contribution in [0.5, 0.6) is 0 Å². The molecule has 1 aromatic carbocycles. The smallest absolute Gasteiger partial charge is 0.238 e. The molecule has 0 atom stereocenters. The number of thiophene rings is 2. The topological polar surface area (TPSA) is 32.3 Å². The molecule has 3 aromatic rings. The van der Waals surface area contributed by atoms with Crippen molar-refractivity contribution in [1.82, 2.24) is 4.90 Å². The van der Waals surface area contributed by atoms with Crippen molar-refractivity contribution in [1.29, 1.82) is 0 Å². The first-order valence-corrected chi connectivity index (χ1v) is 11.1. The van der Waals surface area contributed by atoms with Crippen molar-refractivity contribution in [3.63, 3.8) is 0 Å². The first-order chi connectivity index (χ1) is 13.2. The van der Waals surface area contributed by atoms with Gasteiger partial charge < -0.3 is 5.32 Å². The van der Waals surface area contributed by atoms with Gasteiger partial charge in [0, 0.05) is 28.5 Å². The Labute approximate surface area is 169 Å². The summed E-state index contributed by atoms with van der Waals surface area (Å²) in [7, 11) is 0. The predicted octanol–water partition coefficient (Wildman–Crippen LogP) is 5.58. The molecule has 27 heavy (non-hydrogen) atoms. The van der Waals surface area contributed by atoms with E-state index in [-0.39, 0.29) is 5.91 Å². The third-order valence-electron chi connectivity index (χ3n) is 4.55. The molecule has 0 aliphatic rings. The van der Waals surface area contributed by atoms with Crippen LogP contribution >= 0.6 is 22.7 Å². The number of anilines is 1. The van der Waals surface area contributed by atoms with Crippen LogP contribution in [-0.4, -0.2) is 17.4 Å². The van der Waals surface area contributed by atoms with Gasteiger partial charge in [0.15, 0.2) is 0 Å². The molecule has 3 nitrogen and oxygen atoms in total. The maximum absolute atomic E-state index is 12.9. The van der Waals surface area contributed by atoms with E-state index in [1.807, 2.05) is 0 Å². The number of nitrogens with one attached hydrogen (secondary N) is 1. The highest BCUT2D eigenvalue weighted by Crippen LogP contribution is 2.23. The molecule has 0 saturated carbocycles. The van der Waals surface area contributed by atoms with Gasteiger partial charge in [-0.25, -0.2) is 0 Å². The fourth-order valence-corrected chi connectivity index (χ4v) is 4.69. The van der Waals surface area contributed by atoms with Crippen LogP contribution in [0.1, 0.15) is 34.7 Å². The van der Waals surface area contributed by atoms with E-state index in [9.17, 15) is 4.79 Å². The van der Waals surface area contributed by atoms with E-state index in [1.54, 1.807) is 22.7 Å². The predicted molar refractivity (Wildman–Crippen MR) is 117 cm³/mol. The zero-order chi connectivity index (χ0) is 19.1. The molecule has 1 amide bonds. The molecule has 0 aliphatic heterocycles. The highest BCUT2D eigenvalue weighted by atomic mass is 32.1. The second-order valence-corrected chi connectivity index (χ2v) is 8.57. The summed E-state index contributed by atoms with van der Waals surface area (Å²) in [6, 6.07) is 14.7. The van der Waals surface area contributed by atoms with Crippen molar-refractivity contribution in [3.8, 4) is 0 Å². The minimum atomic E-state index is 0.0544. The summed E-state index contributed by atoms with van der Waals surface area (Å²) in [5.41, 5.74) is 3.40. The molecule has 0 saturated heterocycles. The summed E-state index contributed by atoms with van der Waals surface area (Å²) in [5, 5.41) is 7.37. The Morgan fingerprint density at radius 2 is 1.44 bits per heavy atom. The van der Waals surface area contributed by atoms with Crippen LogP contribution in [0.25, 0.3) is 0 Å². The van der Waals surface area contributed by atoms with E-state index >= 15 is 0 Å². The molecule has 142 valence electrons. The Bertz CT molecular complexity index is 783. The molecule has 0 spiro atoms. The van der Waals surface area contributed by atoms with Crippen LogP contribution in [0.3, 0.4) is 0 Å². The molecule has 2 heterocycles. The minimum Gasteiger partial charge on any atom is -0.324 e. The first kappa shape index (κ1) is 19.8. The van der Waals surface area contributed by atoms with E-state index in [0.29, 0.717) is 6.54 Å². The molecule has 0 unspecified atom stereocenters. The summed E-state index contributed by atoms with van der Waals surface area (Å²) >= 11 is 3.47. The summed E-state index contributed by atoms with van der Waals surface area (Å²) in [4.78, 5) is 17.6. The quantitative estimate of drug-likeness (QED) is 0.511. The lowest BCUT2D eigenvalue weighted by atomic mass is 10.0. The number of carbonyl (C=O) groups excluding carboxylic acids is 1. The average Bonchev–Trinajstić information content (AvgIpc) is 3.36. The number of hydrogen-bond acceptors (Lipinski definition) is 4. The fourth-order valence-electron chi connectivity index (χ4n) is 3.20. The maximum Gasteiger partial charge on any atom is 0.238 e. The van der Waals surface area contributed by atoms with Crippen molar-refractivity contribution < 1.29 is 4.79 Å². The first-order valence-electron chi connectivity index (χ1n) is 9.37. The zero-order valence-corrected chi connectivity index (χ0v) is 17.5. The van der Waals surface area contributed by atoms with E-state index in [0.717, 1.165) is 31.6 Å². The van der Waals surface area contributed by atoms with Gasteiger partial charge in [-0.1, -0.05) is 44.2 Å². The average molecular weight is 399 g/mol. The maximum atomic E-state index is 12.9. The second kappa shape index (κ2) is 9.83. The monoisotopic (exact) mass is 398 g/mol. The summed E-state index contributed by atoms with van der Waals surface area (Å²) in [6.07, 6.45) is 1.83. The third kappa shape index (κ3) is 5.51. The van der Waals surface area contributed by atoms with E-state index in [1.165, 1.54) is 20.9 Å². The molecular weight excluding hydrogens is 372 g/mol. The number of benzene rings is 1. The van der Waals surface area contributed by atoms with Gasteiger partial charge in [0.1, 0.15) is 0 Å². The number of rotatable bonds is 9. The zero-order valence-electron chi connectivity index (χ0n) is 15.9. The van der Waals surface area contributed by atoms with Gasteiger partial charge >= 0.3 is 0 Å². The van der Waals surface area contributed by atoms with Gasteiger partial charge in [0.05, 0.1) is 6.54 Å². The molecule has 2 aromatic heterocycles. The van der Waals surface area contributed by atoms with E-state index in [2.05, 4.69) is 77.3 Å². The molecule has 0 aliphatic carbocycles. The van der Waals surface area contributed by atoms with Gasteiger partial charge in [-0.05, 0) is 46.9 Å². The summed E-state index contributed by atoms with van der Waals surface area (Å²) in [6.45, 7) is 6.23. The van der Waals surface area contributed by atoms with Crippen LogP contribution in [0.4, 0.5) is 5.69 Å². The van der Waals surface area contributed by atoms with Crippen molar-refractivity contribution in [2.75, 3.05) is 11.9 Å². The molecule has 5 heteroatoms. The van der Waals surface area contributed by atoms with Crippen LogP contribution in [0.15, 0.2) is 53.2 Å². The van der Waals surface area contributed by atoms with Gasteiger partial charge in [-0.3, -0.25) is 9.69 Å². The largest absolute Gasteiger partial charge is 0.324 e. The summed E-state index contributed by atoms with van der Waals surface area (Å²) < 4.78 is 0. The second-order valence-electron chi connectivity index (χ2n) is 6.51. The number of nitrogens with zero attached hydrogens (tertiary/aromatic N) is 1. The van der Waals surface area contributed by atoms with E-state index in [4.69, 9.17) is 0 Å². The van der Waals surface area contributed by atoms with Gasteiger partial charge in [-0.15, -0.1) is 22.7 Å². The van der Waals surface area contributed by atoms with Crippen LogP contribution in [0.2, 0.25) is 0 Å². The van der Waals surface area contributed by atoms with Crippen molar-refractivity contribution in [2.45, 2.75) is 39.8 Å². The lowest BCUT2D eigenvalue weighted by Gasteiger charge is -2.22. The number of aryl methyl sites for hydroxylation is 2. The standard InChI is InChI=1S/C22H26N2OS2/c1-3-17-8-5-9-18(4-2)22(17)23-21(25)16-24(14-19-10-6-12-26-19)15-20-11-7-13-27-20/h5-13H,3-4,14-16H2,1-2H3,(H,23,25). The lowest BCUT2D eigenvalue weighted by Crippen LogP contribution is -2.32. The number of carbonyl (C=O) groups is 1. The molecule has 0 bridgehead atoms. The number of hydrogen-bond donors (Lipinski definition) is 1. The Morgan fingerprint density at radius 3 is 1.89 bits per heavy atom. The Kier molecular flexibility index (Phi) is 7.21. The minimum absolute atomic E-state index is 0.0544. The SMILES string of the molecule is CCc1cccc(CC)c1NC(=O)CN(Cc1cccs1)Cc1cccs1. The van der Waals surface area contributed by atoms with Gasteiger partial charge in [0.2, 0.25) is 5.91 Å². The van der Waals surface area contributed by atoms with Crippen LogP contribution in [0, 0.1) is 0 Å².